The smallest absolute Gasteiger partial charge is 0.340 e. The molecule has 122 valence electrons. The maximum absolute atomic E-state index is 11.2. The number of primary amides is 1. The molecule has 0 spiro atoms. The summed E-state index contributed by atoms with van der Waals surface area (Å²) < 4.78 is 5.83. The van der Waals surface area contributed by atoms with Crippen LogP contribution in [0.15, 0.2) is 29.3 Å². The number of rotatable bonds is 2. The first-order chi connectivity index (χ1) is 10.6. The van der Waals surface area contributed by atoms with Crippen LogP contribution in [0, 0.1) is 10.1 Å². The fourth-order valence-electron chi connectivity index (χ4n) is 2.36. The lowest BCUT2D eigenvalue weighted by atomic mass is 9.93. The van der Waals surface area contributed by atoms with E-state index in [2.05, 4.69) is 4.99 Å². The number of hydrogen-bond acceptors (Lipinski definition) is 4. The second-order valence-corrected chi connectivity index (χ2v) is 5.87. The third-order valence-electron chi connectivity index (χ3n) is 3.21. The molecule has 0 radical (unpaired) electrons. The lowest BCUT2D eigenvalue weighted by Crippen LogP contribution is -2.34. The molecule has 0 aliphatic carbocycles. The van der Waals surface area contributed by atoms with Crippen molar-refractivity contribution in [1.29, 1.82) is 0 Å². The van der Waals surface area contributed by atoms with Gasteiger partial charge in [0.1, 0.15) is 17.2 Å². The van der Waals surface area contributed by atoms with E-state index in [9.17, 15) is 14.9 Å². The van der Waals surface area contributed by atoms with Crippen LogP contribution in [0.4, 0.5) is 10.5 Å². The number of likely N-dealkylation sites (N-methyl/N-ethyl adjacent to an activating group) is 1. The normalized spacial score (nSPS) is 16.0. The number of nitro benzene ring substituents is 1. The van der Waals surface area contributed by atoms with Crippen molar-refractivity contribution in [3.63, 3.8) is 0 Å². The minimum absolute atomic E-state index is 0.0739. The maximum atomic E-state index is 11.2. The molecule has 0 atom stereocenters. The molecule has 8 nitrogen and oxygen atoms in total. The fraction of sp³-hybridized carbons (Fsp3) is 0.333. The Balaban J connectivity index is 2.70. The van der Waals surface area contributed by atoms with Gasteiger partial charge in [-0.1, -0.05) is 0 Å². The van der Waals surface area contributed by atoms with E-state index >= 15 is 0 Å². The number of hydrogen-bond donors (Lipinski definition) is 1. The Labute approximate surface area is 133 Å². The highest BCUT2D eigenvalue weighted by atomic mass is 16.6. The van der Waals surface area contributed by atoms with Crippen molar-refractivity contribution in [1.82, 2.24) is 4.90 Å². The summed E-state index contributed by atoms with van der Waals surface area (Å²) in [6.45, 7) is 3.68. The van der Waals surface area contributed by atoms with Crippen molar-refractivity contribution in [2.75, 3.05) is 14.1 Å². The lowest BCUT2D eigenvalue weighted by Gasteiger charge is -2.32. The Morgan fingerprint density at radius 1 is 1.39 bits per heavy atom. The molecule has 23 heavy (non-hydrogen) atoms. The van der Waals surface area contributed by atoms with Crippen LogP contribution in [-0.2, 0) is 0 Å². The number of nitro groups is 1. The molecule has 2 rings (SSSR count). The van der Waals surface area contributed by atoms with E-state index in [1.54, 1.807) is 31.1 Å². The lowest BCUT2D eigenvalue weighted by molar-refractivity contribution is -0.384. The van der Waals surface area contributed by atoms with Crippen LogP contribution in [0.5, 0.6) is 5.75 Å². The first-order valence-corrected chi connectivity index (χ1v) is 6.87. The zero-order valence-electron chi connectivity index (χ0n) is 13.4. The molecule has 0 saturated carbocycles. The molecule has 2 amide bonds. The molecule has 1 heterocycles. The van der Waals surface area contributed by atoms with Crippen molar-refractivity contribution >= 4 is 23.1 Å². The molecule has 8 heteroatoms. The maximum Gasteiger partial charge on any atom is 0.340 e. The van der Waals surface area contributed by atoms with Crippen molar-refractivity contribution in [2.24, 2.45) is 10.7 Å². The molecule has 0 fully saturated rings. The molecular weight excluding hydrogens is 300 g/mol. The molecule has 1 aliphatic rings. The summed E-state index contributed by atoms with van der Waals surface area (Å²) >= 11 is 0. The number of amidine groups is 1. The van der Waals surface area contributed by atoms with Gasteiger partial charge >= 0.3 is 6.03 Å². The largest absolute Gasteiger partial charge is 0.483 e. The van der Waals surface area contributed by atoms with Gasteiger partial charge in [-0.3, -0.25) is 10.1 Å². The third-order valence-corrected chi connectivity index (χ3v) is 3.21. The molecule has 1 aliphatic heterocycles. The van der Waals surface area contributed by atoms with Crippen LogP contribution < -0.4 is 10.5 Å². The first kappa shape index (κ1) is 16.5. The monoisotopic (exact) mass is 318 g/mol. The summed E-state index contributed by atoms with van der Waals surface area (Å²) in [6.07, 6.45) is 1.76. The Bertz CT molecular complexity index is 735. The molecule has 0 bridgehead atoms. The molecule has 0 saturated heterocycles. The first-order valence-electron chi connectivity index (χ1n) is 6.87. The Morgan fingerprint density at radius 3 is 2.57 bits per heavy atom. The Kier molecular flexibility index (Phi) is 4.09. The quantitative estimate of drug-likeness (QED) is 0.389. The summed E-state index contributed by atoms with van der Waals surface area (Å²) in [5.74, 6) is 0.799. The van der Waals surface area contributed by atoms with Gasteiger partial charge in [-0.05, 0) is 26.0 Å². The van der Waals surface area contributed by atoms with Gasteiger partial charge in [-0.25, -0.2) is 4.79 Å². The zero-order chi connectivity index (χ0) is 17.4. The average molecular weight is 318 g/mol. The standard InChI is InChI=1S/C15H18N4O4/c1-15(2)8-11(13(18(3)4)17-14(16)20)10-7-9(19(21)22)5-6-12(10)23-15/h5-8H,1-4H3,(H2,16,20). The number of urea groups is 1. The SMILES string of the molecule is CN(C)C(=NC(N)=O)C1=CC(C)(C)Oc2ccc([N+](=O)[O-])cc21. The van der Waals surface area contributed by atoms with Crippen LogP contribution in [0.25, 0.3) is 5.57 Å². The number of amides is 2. The van der Waals surface area contributed by atoms with Crippen LogP contribution in [0.1, 0.15) is 19.4 Å². The highest BCUT2D eigenvalue weighted by molar-refractivity contribution is 6.25. The zero-order valence-corrected chi connectivity index (χ0v) is 13.4. The van der Waals surface area contributed by atoms with E-state index in [0.717, 1.165) is 0 Å². The van der Waals surface area contributed by atoms with E-state index in [-0.39, 0.29) is 5.69 Å². The van der Waals surface area contributed by atoms with Gasteiger partial charge in [0.05, 0.1) is 4.92 Å². The van der Waals surface area contributed by atoms with E-state index < -0.39 is 16.6 Å². The molecule has 0 unspecified atom stereocenters. The summed E-state index contributed by atoms with van der Waals surface area (Å²) in [5, 5.41) is 11.0. The van der Waals surface area contributed by atoms with Gasteiger partial charge in [0.15, 0.2) is 0 Å². The number of fused-ring (bicyclic) bond motifs is 1. The van der Waals surface area contributed by atoms with Crippen molar-refractivity contribution in [3.8, 4) is 5.75 Å². The highest BCUT2D eigenvalue weighted by Crippen LogP contribution is 2.39. The van der Waals surface area contributed by atoms with Gasteiger partial charge in [-0.2, -0.15) is 4.99 Å². The molecule has 1 aromatic rings. The molecular formula is C15H18N4O4. The van der Waals surface area contributed by atoms with E-state index in [4.69, 9.17) is 10.5 Å². The predicted molar refractivity (Wildman–Crippen MR) is 86.5 cm³/mol. The number of nitrogens with two attached hydrogens (primary N) is 1. The number of carbonyl (C=O) groups is 1. The number of non-ortho nitro benzene ring substituents is 1. The summed E-state index contributed by atoms with van der Waals surface area (Å²) in [7, 11) is 3.42. The second-order valence-electron chi connectivity index (χ2n) is 5.87. The van der Waals surface area contributed by atoms with Gasteiger partial charge in [0.25, 0.3) is 5.69 Å². The second kappa shape index (κ2) is 5.71. The van der Waals surface area contributed by atoms with Crippen LogP contribution in [0.3, 0.4) is 0 Å². The Hall–Kier alpha value is -2.90. The summed E-state index contributed by atoms with van der Waals surface area (Å²) in [4.78, 5) is 27.2. The number of carbonyl (C=O) groups excluding carboxylic acids is 1. The van der Waals surface area contributed by atoms with Crippen molar-refractivity contribution < 1.29 is 14.5 Å². The molecule has 2 N–H and O–H groups in total. The topological polar surface area (TPSA) is 111 Å². The number of nitrogens with zero attached hydrogens (tertiary/aromatic N) is 3. The fourth-order valence-corrected chi connectivity index (χ4v) is 2.36. The van der Waals surface area contributed by atoms with E-state index in [1.165, 1.54) is 12.1 Å². The summed E-state index contributed by atoms with van der Waals surface area (Å²) in [6, 6.07) is 3.47. The van der Waals surface area contributed by atoms with Gasteiger partial charge in [0, 0.05) is 37.4 Å². The van der Waals surface area contributed by atoms with Crippen molar-refractivity contribution in [3.05, 3.63) is 40.0 Å². The average Bonchev–Trinajstić information content (AvgIpc) is 2.41. The Morgan fingerprint density at radius 2 is 2.04 bits per heavy atom. The van der Waals surface area contributed by atoms with E-state index in [1.807, 2.05) is 13.8 Å². The minimum Gasteiger partial charge on any atom is -0.483 e. The van der Waals surface area contributed by atoms with E-state index in [0.29, 0.717) is 22.7 Å². The summed E-state index contributed by atoms with van der Waals surface area (Å²) in [5.41, 5.74) is 5.50. The predicted octanol–water partition coefficient (Wildman–Crippen LogP) is 2.19. The van der Waals surface area contributed by atoms with Crippen molar-refractivity contribution in [2.45, 2.75) is 19.4 Å². The third kappa shape index (κ3) is 3.47. The van der Waals surface area contributed by atoms with Crippen LogP contribution in [-0.4, -0.2) is 41.4 Å². The van der Waals surface area contributed by atoms with Gasteiger partial charge in [0.2, 0.25) is 0 Å². The minimum atomic E-state index is -0.842. The van der Waals surface area contributed by atoms with Gasteiger partial charge < -0.3 is 15.4 Å². The van der Waals surface area contributed by atoms with Gasteiger partial charge in [-0.15, -0.1) is 0 Å². The molecule has 0 aromatic heterocycles. The van der Waals surface area contributed by atoms with Crippen LogP contribution in [0.2, 0.25) is 0 Å². The highest BCUT2D eigenvalue weighted by Gasteiger charge is 2.31. The number of benzene rings is 1. The molecule has 1 aromatic carbocycles. The number of ether oxygens (including phenoxy) is 1. The number of aliphatic imine (C=N–C) groups is 1. The van der Waals surface area contributed by atoms with Crippen LogP contribution >= 0.6 is 0 Å².